The van der Waals surface area contributed by atoms with Crippen LogP contribution in [0.5, 0.6) is 5.75 Å². The zero-order valence-corrected chi connectivity index (χ0v) is 18.9. The van der Waals surface area contributed by atoms with Crippen LogP contribution in [-0.2, 0) is 22.7 Å². The van der Waals surface area contributed by atoms with Gasteiger partial charge in [-0.1, -0.05) is 60.7 Å². The van der Waals surface area contributed by atoms with E-state index in [1.807, 2.05) is 54.6 Å². The van der Waals surface area contributed by atoms with E-state index in [4.69, 9.17) is 4.74 Å². The van der Waals surface area contributed by atoms with Gasteiger partial charge >= 0.3 is 6.03 Å². The average molecular weight is 459 g/mol. The molecule has 1 heterocycles. The van der Waals surface area contributed by atoms with E-state index in [1.54, 1.807) is 31.4 Å². The highest BCUT2D eigenvalue weighted by atomic mass is 16.5. The lowest BCUT2D eigenvalue weighted by atomic mass is 10.1. The first kappa shape index (κ1) is 22.8. The fraction of sp³-hybridized carbons (Fsp3) is 0.192. The molecule has 3 aromatic rings. The average Bonchev–Trinajstić information content (AvgIpc) is 2.88. The molecule has 0 radical (unpaired) electrons. The fourth-order valence-corrected chi connectivity index (χ4v) is 3.83. The Bertz CT molecular complexity index is 1180. The second-order valence-corrected chi connectivity index (χ2v) is 7.79. The molecule has 8 nitrogen and oxygen atoms in total. The van der Waals surface area contributed by atoms with E-state index >= 15 is 0 Å². The third kappa shape index (κ3) is 5.17. The Morgan fingerprint density at radius 3 is 2.29 bits per heavy atom. The second kappa shape index (κ2) is 10.5. The van der Waals surface area contributed by atoms with Crippen molar-refractivity contribution < 1.29 is 19.1 Å². The first-order valence-electron chi connectivity index (χ1n) is 10.9. The number of para-hydroxylation sites is 3. The van der Waals surface area contributed by atoms with Crippen LogP contribution in [0.15, 0.2) is 78.9 Å². The van der Waals surface area contributed by atoms with Gasteiger partial charge in [-0.2, -0.15) is 0 Å². The normalized spacial score (nSPS) is 12.7. The molecule has 4 rings (SSSR count). The van der Waals surface area contributed by atoms with Crippen molar-refractivity contribution >= 4 is 29.2 Å². The largest absolute Gasteiger partial charge is 0.496 e. The summed E-state index contributed by atoms with van der Waals surface area (Å²) in [6.07, 6.45) is 0. The minimum Gasteiger partial charge on any atom is -0.496 e. The van der Waals surface area contributed by atoms with Crippen molar-refractivity contribution in [1.29, 1.82) is 0 Å². The highest BCUT2D eigenvalue weighted by Crippen LogP contribution is 2.33. The Morgan fingerprint density at radius 1 is 0.853 bits per heavy atom. The van der Waals surface area contributed by atoms with Crippen LogP contribution in [0.25, 0.3) is 0 Å². The summed E-state index contributed by atoms with van der Waals surface area (Å²) in [6, 6.07) is 23.7. The fourth-order valence-electron chi connectivity index (χ4n) is 3.83. The molecule has 34 heavy (non-hydrogen) atoms. The predicted octanol–water partition coefficient (Wildman–Crippen LogP) is 3.07. The Balaban J connectivity index is 1.43. The minimum atomic E-state index is -0.370. The summed E-state index contributed by atoms with van der Waals surface area (Å²) in [6.45, 7) is 0.323. The van der Waals surface area contributed by atoms with Crippen LogP contribution in [0.3, 0.4) is 0 Å². The van der Waals surface area contributed by atoms with Crippen LogP contribution in [-0.4, -0.2) is 38.0 Å². The van der Waals surface area contributed by atoms with Crippen molar-refractivity contribution in [2.45, 2.75) is 13.1 Å². The van der Waals surface area contributed by atoms with E-state index in [9.17, 15) is 14.4 Å². The molecule has 0 aliphatic carbocycles. The lowest BCUT2D eigenvalue weighted by molar-refractivity contribution is -0.123. The molecule has 8 heteroatoms. The summed E-state index contributed by atoms with van der Waals surface area (Å²) >= 11 is 0. The van der Waals surface area contributed by atoms with Crippen molar-refractivity contribution in [2.75, 3.05) is 30.0 Å². The molecular weight excluding hydrogens is 432 g/mol. The number of hydrogen-bond donors (Lipinski definition) is 2. The van der Waals surface area contributed by atoms with Gasteiger partial charge in [0.15, 0.2) is 0 Å². The summed E-state index contributed by atoms with van der Waals surface area (Å²) in [5.74, 6) is 0.0383. The first-order chi connectivity index (χ1) is 16.6. The van der Waals surface area contributed by atoms with Crippen LogP contribution in [0.4, 0.5) is 16.2 Å². The Kier molecular flexibility index (Phi) is 7.07. The molecular formula is C26H26N4O4. The topological polar surface area (TPSA) is 91.0 Å². The molecule has 2 N–H and O–H groups in total. The van der Waals surface area contributed by atoms with Crippen molar-refractivity contribution in [3.63, 3.8) is 0 Å². The number of benzene rings is 3. The number of carbonyl (C=O) groups is 3. The first-order valence-corrected chi connectivity index (χ1v) is 10.9. The molecule has 0 saturated heterocycles. The highest BCUT2D eigenvalue weighted by Gasteiger charge is 2.33. The minimum absolute atomic E-state index is 0.148. The van der Waals surface area contributed by atoms with E-state index in [1.165, 1.54) is 9.80 Å². The molecule has 0 saturated carbocycles. The van der Waals surface area contributed by atoms with Crippen molar-refractivity contribution in [3.8, 4) is 5.75 Å². The van der Waals surface area contributed by atoms with E-state index in [0.717, 1.165) is 11.1 Å². The number of ether oxygens (including phenoxy) is 1. The maximum atomic E-state index is 13.0. The van der Waals surface area contributed by atoms with Gasteiger partial charge in [0.1, 0.15) is 18.8 Å². The molecule has 4 amide bonds. The summed E-state index contributed by atoms with van der Waals surface area (Å²) < 4.78 is 5.31. The van der Waals surface area contributed by atoms with Crippen molar-refractivity contribution in [1.82, 2.24) is 10.6 Å². The van der Waals surface area contributed by atoms with Gasteiger partial charge in [0.05, 0.1) is 18.5 Å². The quantitative estimate of drug-likeness (QED) is 0.569. The number of nitrogens with zero attached hydrogens (tertiary/aromatic N) is 2. The van der Waals surface area contributed by atoms with E-state index < -0.39 is 0 Å². The molecule has 0 fully saturated rings. The van der Waals surface area contributed by atoms with Crippen LogP contribution in [0.1, 0.15) is 11.1 Å². The van der Waals surface area contributed by atoms with E-state index in [-0.39, 0.29) is 37.5 Å². The number of amides is 4. The summed E-state index contributed by atoms with van der Waals surface area (Å²) in [4.78, 5) is 41.3. The molecule has 1 aliphatic rings. The number of fused-ring (bicyclic) bond motifs is 1. The summed E-state index contributed by atoms with van der Waals surface area (Å²) in [7, 11) is 1.58. The van der Waals surface area contributed by atoms with Crippen LogP contribution >= 0.6 is 0 Å². The highest BCUT2D eigenvalue weighted by molar-refractivity contribution is 6.12. The Morgan fingerprint density at radius 2 is 1.53 bits per heavy atom. The summed E-state index contributed by atoms with van der Waals surface area (Å²) in [5.41, 5.74) is 2.89. The molecule has 174 valence electrons. The molecule has 0 aromatic heterocycles. The standard InChI is InChI=1S/C26H26N4O4/c1-34-23-14-8-5-11-20(23)16-27-24(31)17-29-21-12-6-7-13-22(21)30(18-25(29)32)26(33)28-15-19-9-3-2-4-10-19/h2-14H,15-18H2,1H3,(H,27,31)(H,28,33). The van der Waals surface area contributed by atoms with Gasteiger partial charge in [-0.25, -0.2) is 4.79 Å². The molecule has 3 aromatic carbocycles. The number of methoxy groups -OCH3 is 1. The molecule has 0 atom stereocenters. The number of carbonyl (C=O) groups excluding carboxylic acids is 3. The third-order valence-corrected chi connectivity index (χ3v) is 5.56. The zero-order chi connectivity index (χ0) is 23.9. The lowest BCUT2D eigenvalue weighted by Gasteiger charge is -2.35. The van der Waals surface area contributed by atoms with Gasteiger partial charge in [0, 0.05) is 18.7 Å². The Labute approximate surface area is 198 Å². The number of hydrogen-bond acceptors (Lipinski definition) is 4. The van der Waals surface area contributed by atoms with Crippen LogP contribution < -0.4 is 25.2 Å². The lowest BCUT2D eigenvalue weighted by Crippen LogP contribution is -2.53. The smallest absolute Gasteiger partial charge is 0.322 e. The number of urea groups is 1. The molecule has 0 bridgehead atoms. The van der Waals surface area contributed by atoms with Gasteiger partial charge in [-0.3, -0.25) is 19.4 Å². The maximum Gasteiger partial charge on any atom is 0.322 e. The van der Waals surface area contributed by atoms with E-state index in [2.05, 4.69) is 10.6 Å². The number of anilines is 2. The summed E-state index contributed by atoms with van der Waals surface area (Å²) in [5, 5.41) is 5.70. The maximum absolute atomic E-state index is 13.0. The van der Waals surface area contributed by atoms with Gasteiger partial charge in [-0.15, -0.1) is 0 Å². The van der Waals surface area contributed by atoms with Crippen molar-refractivity contribution in [3.05, 3.63) is 90.0 Å². The van der Waals surface area contributed by atoms with Gasteiger partial charge in [0.2, 0.25) is 11.8 Å². The third-order valence-electron chi connectivity index (χ3n) is 5.56. The molecule has 0 unspecified atom stereocenters. The van der Waals surface area contributed by atoms with Gasteiger partial charge in [-0.05, 0) is 23.8 Å². The Hall–Kier alpha value is -4.33. The van der Waals surface area contributed by atoms with Gasteiger partial charge < -0.3 is 15.4 Å². The van der Waals surface area contributed by atoms with E-state index in [0.29, 0.717) is 23.7 Å². The van der Waals surface area contributed by atoms with Crippen LogP contribution in [0, 0.1) is 0 Å². The molecule has 1 aliphatic heterocycles. The zero-order valence-electron chi connectivity index (χ0n) is 18.9. The number of rotatable bonds is 7. The second-order valence-electron chi connectivity index (χ2n) is 7.79. The van der Waals surface area contributed by atoms with Crippen molar-refractivity contribution in [2.24, 2.45) is 0 Å². The predicted molar refractivity (Wildman–Crippen MR) is 130 cm³/mol. The monoisotopic (exact) mass is 458 g/mol. The molecule has 0 spiro atoms. The van der Waals surface area contributed by atoms with Crippen LogP contribution in [0.2, 0.25) is 0 Å². The van der Waals surface area contributed by atoms with Gasteiger partial charge in [0.25, 0.3) is 0 Å². The SMILES string of the molecule is COc1ccccc1CNC(=O)CN1C(=O)CN(C(=O)NCc2ccccc2)c2ccccc21. The number of nitrogens with one attached hydrogen (secondary N) is 2.